The molecule has 0 atom stereocenters. The van der Waals surface area contributed by atoms with Gasteiger partial charge >= 0.3 is 0 Å². The van der Waals surface area contributed by atoms with Crippen LogP contribution in [0.25, 0.3) is 0 Å². The van der Waals surface area contributed by atoms with Gasteiger partial charge in [0.25, 0.3) is 0 Å². The van der Waals surface area contributed by atoms with Crippen molar-refractivity contribution in [2.75, 3.05) is 20.8 Å². The second-order valence-corrected chi connectivity index (χ2v) is 6.10. The molecule has 0 aliphatic carbocycles. The topological polar surface area (TPSA) is 44.8 Å². The zero-order chi connectivity index (χ0) is 17.5. The van der Waals surface area contributed by atoms with Crippen LogP contribution in [0.15, 0.2) is 34.8 Å². The van der Waals surface area contributed by atoms with Crippen LogP contribution in [0.1, 0.15) is 27.0 Å². The molecule has 0 spiro atoms. The average Bonchev–Trinajstić information content (AvgIpc) is 2.61. The van der Waals surface area contributed by atoms with E-state index in [-0.39, 0.29) is 0 Å². The molecule has 0 aromatic heterocycles. The monoisotopic (exact) mass is 392 g/mol. The molecule has 24 heavy (non-hydrogen) atoms. The summed E-state index contributed by atoms with van der Waals surface area (Å²) in [6.45, 7) is 3.03. The first-order valence-electron chi connectivity index (χ1n) is 7.63. The first-order chi connectivity index (χ1) is 11.6. The van der Waals surface area contributed by atoms with E-state index in [2.05, 4.69) is 15.9 Å². The minimum absolute atomic E-state index is 0.456. The predicted molar refractivity (Wildman–Crippen MR) is 97.2 cm³/mol. The van der Waals surface area contributed by atoms with Crippen LogP contribution < -0.4 is 9.47 Å². The second-order valence-electron chi connectivity index (χ2n) is 5.30. The number of methoxy groups -OCH3 is 2. The number of hydrogen-bond donors (Lipinski definition) is 0. The minimum Gasteiger partial charge on any atom is -0.496 e. The zero-order valence-corrected chi connectivity index (χ0v) is 15.7. The summed E-state index contributed by atoms with van der Waals surface area (Å²) >= 11 is 3.42. The number of halogens is 1. The lowest BCUT2D eigenvalue weighted by Crippen LogP contribution is -2.07. The van der Waals surface area contributed by atoms with Crippen LogP contribution in [0.5, 0.6) is 11.5 Å². The maximum atomic E-state index is 11.5. The van der Waals surface area contributed by atoms with Gasteiger partial charge in [0.2, 0.25) is 0 Å². The van der Waals surface area contributed by atoms with E-state index in [4.69, 9.17) is 14.2 Å². The van der Waals surface area contributed by atoms with Gasteiger partial charge in [-0.25, -0.2) is 0 Å². The fourth-order valence-corrected chi connectivity index (χ4v) is 3.41. The quantitative estimate of drug-likeness (QED) is 0.494. The Bertz CT molecular complexity index is 699. The van der Waals surface area contributed by atoms with Gasteiger partial charge in [0.05, 0.1) is 37.5 Å². The summed E-state index contributed by atoms with van der Waals surface area (Å²) in [7, 11) is 3.15. The minimum atomic E-state index is 0.456. The van der Waals surface area contributed by atoms with E-state index in [0.29, 0.717) is 41.2 Å². The van der Waals surface area contributed by atoms with Crippen LogP contribution in [-0.4, -0.2) is 27.1 Å². The molecule has 0 N–H and O–H groups in total. The van der Waals surface area contributed by atoms with Crippen molar-refractivity contribution in [1.82, 2.24) is 0 Å². The summed E-state index contributed by atoms with van der Waals surface area (Å²) < 4.78 is 17.3. The Kier molecular flexibility index (Phi) is 6.82. The lowest BCUT2D eigenvalue weighted by Gasteiger charge is -2.19. The summed E-state index contributed by atoms with van der Waals surface area (Å²) in [5.74, 6) is 1.22. The van der Waals surface area contributed by atoms with Crippen molar-refractivity contribution in [2.45, 2.75) is 20.0 Å². The van der Waals surface area contributed by atoms with Crippen molar-refractivity contribution >= 4 is 22.2 Å². The van der Waals surface area contributed by atoms with Crippen molar-refractivity contribution in [3.8, 4) is 11.5 Å². The van der Waals surface area contributed by atoms with Gasteiger partial charge in [0, 0.05) is 5.56 Å². The van der Waals surface area contributed by atoms with Crippen LogP contribution in [0.4, 0.5) is 0 Å². The number of carbonyl (C=O) groups excluding carboxylic acids is 1. The molecular weight excluding hydrogens is 372 g/mol. The van der Waals surface area contributed by atoms with E-state index in [0.717, 1.165) is 23.0 Å². The number of benzene rings is 2. The SMILES string of the molecule is COc1c(C)c(CCOCc2ccccc2)c(OC)c(C=O)c1Br. The molecule has 4 nitrogen and oxygen atoms in total. The maximum Gasteiger partial charge on any atom is 0.155 e. The Hall–Kier alpha value is -1.85. The summed E-state index contributed by atoms with van der Waals surface area (Å²) in [6, 6.07) is 10.0. The second kappa shape index (κ2) is 8.85. The first-order valence-corrected chi connectivity index (χ1v) is 8.43. The van der Waals surface area contributed by atoms with Gasteiger partial charge in [-0.15, -0.1) is 0 Å². The highest BCUT2D eigenvalue weighted by Gasteiger charge is 2.21. The van der Waals surface area contributed by atoms with E-state index in [9.17, 15) is 4.79 Å². The van der Waals surface area contributed by atoms with Gasteiger partial charge in [0.15, 0.2) is 6.29 Å². The highest BCUT2D eigenvalue weighted by atomic mass is 79.9. The van der Waals surface area contributed by atoms with E-state index in [1.165, 1.54) is 0 Å². The predicted octanol–water partition coefficient (Wildman–Crippen LogP) is 4.35. The summed E-state index contributed by atoms with van der Waals surface area (Å²) in [4.78, 5) is 11.5. The largest absolute Gasteiger partial charge is 0.496 e. The standard InChI is InChI=1S/C19H21BrO4/c1-13-15(9-10-24-12-14-7-5-4-6-8-14)19(23-3)16(11-21)17(20)18(13)22-2/h4-8,11H,9-10,12H2,1-3H3. The highest BCUT2D eigenvalue weighted by Crippen LogP contribution is 2.41. The van der Waals surface area contributed by atoms with Crippen molar-refractivity contribution < 1.29 is 19.0 Å². The van der Waals surface area contributed by atoms with E-state index in [1.807, 2.05) is 37.3 Å². The fourth-order valence-electron chi connectivity index (χ4n) is 2.68. The lowest BCUT2D eigenvalue weighted by molar-refractivity contribution is 0.111. The Balaban J connectivity index is 2.18. The molecule has 0 fully saturated rings. The van der Waals surface area contributed by atoms with Gasteiger partial charge in [-0.1, -0.05) is 30.3 Å². The number of carbonyl (C=O) groups is 1. The van der Waals surface area contributed by atoms with Gasteiger partial charge in [-0.2, -0.15) is 0 Å². The third-order valence-corrected chi connectivity index (χ3v) is 4.67. The summed E-state index contributed by atoms with van der Waals surface area (Å²) in [5.41, 5.74) is 3.45. The molecule has 0 aliphatic rings. The van der Waals surface area contributed by atoms with Crippen molar-refractivity contribution in [1.29, 1.82) is 0 Å². The van der Waals surface area contributed by atoms with Crippen LogP contribution in [0.2, 0.25) is 0 Å². The average molecular weight is 393 g/mol. The summed E-state index contributed by atoms with van der Waals surface area (Å²) in [5, 5.41) is 0. The molecule has 0 radical (unpaired) electrons. The third-order valence-electron chi connectivity index (χ3n) is 3.88. The van der Waals surface area contributed by atoms with Crippen LogP contribution in [-0.2, 0) is 17.8 Å². The van der Waals surface area contributed by atoms with Crippen molar-refractivity contribution in [3.63, 3.8) is 0 Å². The van der Waals surface area contributed by atoms with E-state index >= 15 is 0 Å². The molecule has 2 aromatic carbocycles. The summed E-state index contributed by atoms with van der Waals surface area (Å²) in [6.07, 6.45) is 1.41. The molecule has 0 heterocycles. The smallest absolute Gasteiger partial charge is 0.155 e. The van der Waals surface area contributed by atoms with Crippen LogP contribution >= 0.6 is 15.9 Å². The molecule has 128 valence electrons. The third kappa shape index (κ3) is 3.97. The van der Waals surface area contributed by atoms with Crippen molar-refractivity contribution in [3.05, 3.63) is 57.1 Å². The molecule has 0 saturated heterocycles. The van der Waals surface area contributed by atoms with E-state index < -0.39 is 0 Å². The molecule has 0 saturated carbocycles. The number of aldehydes is 1. The molecule has 2 rings (SSSR count). The first kappa shape index (κ1) is 18.5. The molecule has 5 heteroatoms. The van der Waals surface area contributed by atoms with Gasteiger partial charge in [0.1, 0.15) is 11.5 Å². The molecule has 0 aliphatic heterocycles. The normalized spacial score (nSPS) is 10.5. The Morgan fingerprint density at radius 2 is 1.75 bits per heavy atom. The van der Waals surface area contributed by atoms with Crippen LogP contribution in [0.3, 0.4) is 0 Å². The zero-order valence-electron chi connectivity index (χ0n) is 14.1. The molecule has 0 unspecified atom stereocenters. The maximum absolute atomic E-state index is 11.5. The number of ether oxygens (including phenoxy) is 3. The van der Waals surface area contributed by atoms with Gasteiger partial charge < -0.3 is 14.2 Å². The molecule has 0 amide bonds. The Labute approximate surface area is 150 Å². The highest BCUT2D eigenvalue weighted by molar-refractivity contribution is 9.10. The Morgan fingerprint density at radius 1 is 1.08 bits per heavy atom. The van der Waals surface area contributed by atoms with Gasteiger partial charge in [-0.3, -0.25) is 4.79 Å². The fraction of sp³-hybridized carbons (Fsp3) is 0.316. The molecular formula is C19H21BrO4. The van der Waals surface area contributed by atoms with E-state index in [1.54, 1.807) is 14.2 Å². The molecule has 2 aromatic rings. The number of rotatable bonds is 8. The van der Waals surface area contributed by atoms with Crippen LogP contribution in [0, 0.1) is 6.92 Å². The Morgan fingerprint density at radius 3 is 2.33 bits per heavy atom. The molecule has 0 bridgehead atoms. The number of hydrogen-bond acceptors (Lipinski definition) is 4. The van der Waals surface area contributed by atoms with Gasteiger partial charge in [-0.05, 0) is 40.4 Å². The van der Waals surface area contributed by atoms with Crippen molar-refractivity contribution in [2.24, 2.45) is 0 Å². The lowest BCUT2D eigenvalue weighted by atomic mass is 9.99.